The van der Waals surface area contributed by atoms with Crippen molar-refractivity contribution in [3.8, 4) is 5.75 Å². The summed E-state index contributed by atoms with van der Waals surface area (Å²) in [5.41, 5.74) is 0.831. The van der Waals surface area contributed by atoms with Gasteiger partial charge in [-0.15, -0.1) is 0 Å². The van der Waals surface area contributed by atoms with Crippen LogP contribution in [0.25, 0.3) is 0 Å². The molecule has 0 aliphatic heterocycles. The van der Waals surface area contributed by atoms with Gasteiger partial charge in [-0.1, -0.05) is 0 Å². The van der Waals surface area contributed by atoms with Crippen molar-refractivity contribution in [2.75, 3.05) is 20.3 Å². The zero-order chi connectivity index (χ0) is 14.3. The third-order valence-electron chi connectivity index (χ3n) is 2.41. The van der Waals surface area contributed by atoms with Gasteiger partial charge in [0.15, 0.2) is 0 Å². The Labute approximate surface area is 112 Å². The zero-order valence-electron chi connectivity index (χ0n) is 11.5. The number of non-ortho nitro benzene ring substituents is 1. The first-order chi connectivity index (χ1) is 9.04. The SMILES string of the molecule is CNCc1cc([N+](=O)[O-])ccc1OCCOC(C)C. The lowest BCUT2D eigenvalue weighted by Gasteiger charge is -2.12. The molecule has 0 spiro atoms. The van der Waals surface area contributed by atoms with E-state index < -0.39 is 4.92 Å². The first kappa shape index (κ1) is 15.4. The molecule has 1 N–H and O–H groups in total. The van der Waals surface area contributed by atoms with Crippen LogP contribution in [0.4, 0.5) is 5.69 Å². The highest BCUT2D eigenvalue weighted by molar-refractivity contribution is 5.43. The third kappa shape index (κ3) is 5.23. The van der Waals surface area contributed by atoms with Crippen LogP contribution >= 0.6 is 0 Å². The van der Waals surface area contributed by atoms with Gasteiger partial charge in [-0.05, 0) is 27.0 Å². The topological polar surface area (TPSA) is 73.6 Å². The fourth-order valence-corrected chi connectivity index (χ4v) is 1.58. The highest BCUT2D eigenvalue weighted by atomic mass is 16.6. The molecule has 0 aliphatic rings. The highest BCUT2D eigenvalue weighted by Gasteiger charge is 2.11. The van der Waals surface area contributed by atoms with E-state index >= 15 is 0 Å². The van der Waals surface area contributed by atoms with Crippen molar-refractivity contribution in [3.63, 3.8) is 0 Å². The minimum absolute atomic E-state index is 0.0658. The Morgan fingerprint density at radius 1 is 1.37 bits per heavy atom. The van der Waals surface area contributed by atoms with Crippen molar-refractivity contribution >= 4 is 5.69 Å². The van der Waals surface area contributed by atoms with Crippen LogP contribution in [0.3, 0.4) is 0 Å². The van der Waals surface area contributed by atoms with Crippen LogP contribution in [0.1, 0.15) is 19.4 Å². The van der Waals surface area contributed by atoms with Crippen LogP contribution in [0, 0.1) is 10.1 Å². The Balaban J connectivity index is 2.68. The maximum absolute atomic E-state index is 10.7. The fraction of sp³-hybridized carbons (Fsp3) is 0.538. The molecule has 0 unspecified atom stereocenters. The monoisotopic (exact) mass is 268 g/mol. The van der Waals surface area contributed by atoms with Gasteiger partial charge in [0.1, 0.15) is 12.4 Å². The summed E-state index contributed by atoms with van der Waals surface area (Å²) in [4.78, 5) is 10.3. The molecular formula is C13H20N2O4. The van der Waals surface area contributed by atoms with Crippen LogP contribution in [-0.2, 0) is 11.3 Å². The van der Waals surface area contributed by atoms with E-state index in [1.807, 2.05) is 13.8 Å². The van der Waals surface area contributed by atoms with Gasteiger partial charge in [0.2, 0.25) is 0 Å². The maximum Gasteiger partial charge on any atom is 0.270 e. The molecule has 0 saturated heterocycles. The van der Waals surface area contributed by atoms with E-state index in [4.69, 9.17) is 9.47 Å². The van der Waals surface area contributed by atoms with Crippen molar-refractivity contribution in [1.29, 1.82) is 0 Å². The molecule has 0 aromatic heterocycles. The molecule has 0 atom stereocenters. The van der Waals surface area contributed by atoms with Crippen molar-refractivity contribution in [1.82, 2.24) is 5.32 Å². The van der Waals surface area contributed by atoms with E-state index in [0.29, 0.717) is 25.5 Å². The van der Waals surface area contributed by atoms with Gasteiger partial charge in [-0.3, -0.25) is 10.1 Å². The van der Waals surface area contributed by atoms with Crippen LogP contribution in [0.5, 0.6) is 5.75 Å². The molecule has 0 saturated carbocycles. The summed E-state index contributed by atoms with van der Waals surface area (Å²) in [7, 11) is 1.78. The summed E-state index contributed by atoms with van der Waals surface area (Å²) in [6.45, 7) is 5.35. The van der Waals surface area contributed by atoms with Crippen molar-refractivity contribution < 1.29 is 14.4 Å². The van der Waals surface area contributed by atoms with Gasteiger partial charge >= 0.3 is 0 Å². The van der Waals surface area contributed by atoms with Crippen LogP contribution in [0.2, 0.25) is 0 Å². The van der Waals surface area contributed by atoms with Gasteiger partial charge in [0.05, 0.1) is 17.6 Å². The molecule has 0 fully saturated rings. The number of ether oxygens (including phenoxy) is 2. The number of nitrogens with one attached hydrogen (secondary N) is 1. The Hall–Kier alpha value is -1.66. The van der Waals surface area contributed by atoms with Gasteiger partial charge < -0.3 is 14.8 Å². The van der Waals surface area contributed by atoms with E-state index in [1.54, 1.807) is 13.1 Å². The molecule has 0 aliphatic carbocycles. The Morgan fingerprint density at radius 3 is 2.68 bits per heavy atom. The first-order valence-electron chi connectivity index (χ1n) is 6.21. The van der Waals surface area contributed by atoms with Crippen LogP contribution in [-0.4, -0.2) is 31.3 Å². The number of nitro groups is 1. The number of hydrogen-bond donors (Lipinski definition) is 1. The summed E-state index contributed by atoms with van der Waals surface area (Å²) < 4.78 is 11.0. The molecule has 0 bridgehead atoms. The Kier molecular flexibility index (Phi) is 6.24. The molecule has 1 aromatic rings. The lowest BCUT2D eigenvalue weighted by molar-refractivity contribution is -0.384. The quantitative estimate of drug-likeness (QED) is 0.444. The number of rotatable bonds is 8. The molecule has 0 amide bonds. The lowest BCUT2D eigenvalue weighted by atomic mass is 10.2. The van der Waals surface area contributed by atoms with Gasteiger partial charge in [-0.25, -0.2) is 0 Å². The number of nitro benzene ring substituents is 1. The molecular weight excluding hydrogens is 248 g/mol. The molecule has 1 rings (SSSR count). The molecule has 0 radical (unpaired) electrons. The zero-order valence-corrected chi connectivity index (χ0v) is 11.5. The van der Waals surface area contributed by atoms with E-state index in [9.17, 15) is 10.1 Å². The predicted octanol–water partition coefficient (Wildman–Crippen LogP) is 2.12. The second kappa shape index (κ2) is 7.70. The first-order valence-corrected chi connectivity index (χ1v) is 6.21. The van der Waals surface area contributed by atoms with E-state index in [0.717, 1.165) is 5.56 Å². The average molecular weight is 268 g/mol. The molecule has 0 heterocycles. The predicted molar refractivity (Wildman–Crippen MR) is 72.4 cm³/mol. The van der Waals surface area contributed by atoms with E-state index in [2.05, 4.69) is 5.32 Å². The second-order valence-electron chi connectivity index (χ2n) is 4.35. The summed E-state index contributed by atoms with van der Waals surface area (Å²) in [6.07, 6.45) is 0.164. The van der Waals surface area contributed by atoms with Crippen molar-refractivity contribution in [2.45, 2.75) is 26.5 Å². The lowest BCUT2D eigenvalue weighted by Crippen LogP contribution is -2.13. The molecule has 6 heteroatoms. The smallest absolute Gasteiger partial charge is 0.270 e. The highest BCUT2D eigenvalue weighted by Crippen LogP contribution is 2.24. The minimum atomic E-state index is -0.412. The minimum Gasteiger partial charge on any atom is -0.491 e. The average Bonchev–Trinajstić information content (AvgIpc) is 2.35. The van der Waals surface area contributed by atoms with Gasteiger partial charge in [-0.2, -0.15) is 0 Å². The Bertz CT molecular complexity index is 421. The normalized spacial score (nSPS) is 10.7. The van der Waals surface area contributed by atoms with E-state index in [1.165, 1.54) is 12.1 Å². The molecule has 106 valence electrons. The van der Waals surface area contributed by atoms with Crippen LogP contribution < -0.4 is 10.1 Å². The summed E-state index contributed by atoms with van der Waals surface area (Å²) >= 11 is 0. The number of benzene rings is 1. The fourth-order valence-electron chi connectivity index (χ4n) is 1.58. The van der Waals surface area contributed by atoms with Crippen molar-refractivity contribution in [3.05, 3.63) is 33.9 Å². The number of hydrogen-bond acceptors (Lipinski definition) is 5. The Morgan fingerprint density at radius 2 is 2.11 bits per heavy atom. The molecule has 19 heavy (non-hydrogen) atoms. The van der Waals surface area contributed by atoms with Gasteiger partial charge in [0.25, 0.3) is 5.69 Å². The summed E-state index contributed by atoms with van der Waals surface area (Å²) in [6, 6.07) is 4.59. The maximum atomic E-state index is 10.7. The van der Waals surface area contributed by atoms with Crippen molar-refractivity contribution in [2.24, 2.45) is 0 Å². The molecule has 1 aromatic carbocycles. The summed E-state index contributed by atoms with van der Waals surface area (Å²) in [5.74, 6) is 0.646. The second-order valence-corrected chi connectivity index (χ2v) is 4.35. The third-order valence-corrected chi connectivity index (χ3v) is 2.41. The summed E-state index contributed by atoms with van der Waals surface area (Å²) in [5, 5.41) is 13.7. The van der Waals surface area contributed by atoms with Gasteiger partial charge in [0, 0.05) is 24.2 Å². The van der Waals surface area contributed by atoms with Crippen LogP contribution in [0.15, 0.2) is 18.2 Å². The number of nitrogens with zero attached hydrogens (tertiary/aromatic N) is 1. The van der Waals surface area contributed by atoms with E-state index in [-0.39, 0.29) is 11.8 Å². The largest absolute Gasteiger partial charge is 0.491 e. The molecule has 6 nitrogen and oxygen atoms in total. The standard InChI is InChI=1S/C13H20N2O4/c1-10(2)18-6-7-19-13-5-4-12(15(16)17)8-11(13)9-14-3/h4-5,8,10,14H,6-7,9H2,1-3H3.